The predicted octanol–water partition coefficient (Wildman–Crippen LogP) is 1.68. The highest BCUT2D eigenvalue weighted by Gasteiger charge is 2.31. The summed E-state index contributed by atoms with van der Waals surface area (Å²) in [4.78, 5) is 26.8. The Bertz CT molecular complexity index is 927. The molecular formula is C16H20ClFN4O2. The molecule has 2 fully saturated rings. The minimum absolute atomic E-state index is 0. The highest BCUT2D eigenvalue weighted by Crippen LogP contribution is 2.38. The molecule has 8 heteroatoms. The van der Waals surface area contributed by atoms with Gasteiger partial charge in [0.15, 0.2) is 0 Å². The van der Waals surface area contributed by atoms with Crippen LogP contribution in [0.15, 0.2) is 15.7 Å². The standard InChI is InChI=1S/C16H19FN4O2.ClH/c1-9-13-11(8-12(17)14(9)19-6-2-3-7-19)15(22)21(18)16(23)20(13)10-4-5-10;/h8,10H,2-7,18H2,1H3;1H. The van der Waals surface area contributed by atoms with Crippen molar-refractivity contribution in [3.8, 4) is 0 Å². The quantitative estimate of drug-likeness (QED) is 0.833. The summed E-state index contributed by atoms with van der Waals surface area (Å²) in [6.07, 6.45) is 3.81. The van der Waals surface area contributed by atoms with E-state index in [-0.39, 0.29) is 23.8 Å². The van der Waals surface area contributed by atoms with Crippen LogP contribution in [0.4, 0.5) is 10.1 Å². The maximum absolute atomic E-state index is 14.7. The normalized spacial score (nSPS) is 17.3. The van der Waals surface area contributed by atoms with Crippen molar-refractivity contribution in [3.63, 3.8) is 0 Å². The fourth-order valence-corrected chi connectivity index (χ4v) is 3.66. The molecule has 2 N–H and O–H groups in total. The summed E-state index contributed by atoms with van der Waals surface area (Å²) in [5.41, 5.74) is 0.540. The van der Waals surface area contributed by atoms with Crippen molar-refractivity contribution < 1.29 is 4.39 Å². The molecule has 0 amide bonds. The number of aromatic nitrogens is 2. The number of nitrogen functional groups attached to an aromatic ring is 1. The van der Waals surface area contributed by atoms with E-state index in [0.29, 0.717) is 21.4 Å². The predicted molar refractivity (Wildman–Crippen MR) is 94.3 cm³/mol. The average molecular weight is 355 g/mol. The van der Waals surface area contributed by atoms with Gasteiger partial charge in [-0.25, -0.2) is 9.18 Å². The Labute approximate surface area is 144 Å². The van der Waals surface area contributed by atoms with Crippen LogP contribution in [0.1, 0.15) is 37.3 Å². The van der Waals surface area contributed by atoms with E-state index in [4.69, 9.17) is 5.84 Å². The maximum atomic E-state index is 14.7. The van der Waals surface area contributed by atoms with Gasteiger partial charge in [-0.1, -0.05) is 0 Å². The molecule has 0 bridgehead atoms. The number of nitrogens with zero attached hydrogens (tertiary/aromatic N) is 3. The molecule has 0 atom stereocenters. The third-order valence-corrected chi connectivity index (χ3v) is 4.90. The lowest BCUT2D eigenvalue weighted by Crippen LogP contribution is -2.44. The number of aryl methyl sites for hydroxylation is 1. The van der Waals surface area contributed by atoms with Crippen molar-refractivity contribution in [3.05, 3.63) is 38.3 Å². The van der Waals surface area contributed by atoms with Crippen molar-refractivity contribution in [1.29, 1.82) is 0 Å². The van der Waals surface area contributed by atoms with Crippen molar-refractivity contribution in [2.24, 2.45) is 0 Å². The highest BCUT2D eigenvalue weighted by atomic mass is 35.5. The number of hydrogen-bond acceptors (Lipinski definition) is 4. The summed E-state index contributed by atoms with van der Waals surface area (Å²) in [5.74, 6) is 5.19. The lowest BCUT2D eigenvalue weighted by atomic mass is 10.1. The Hall–Kier alpha value is -2.02. The molecule has 1 aromatic heterocycles. The molecule has 1 aromatic carbocycles. The van der Waals surface area contributed by atoms with Crippen LogP contribution in [-0.2, 0) is 0 Å². The second kappa shape index (κ2) is 5.81. The fourth-order valence-electron chi connectivity index (χ4n) is 3.66. The van der Waals surface area contributed by atoms with Crippen LogP contribution in [-0.4, -0.2) is 22.3 Å². The number of halogens is 2. The molecular weight excluding hydrogens is 335 g/mol. The maximum Gasteiger partial charge on any atom is 0.350 e. The summed E-state index contributed by atoms with van der Waals surface area (Å²) < 4.78 is 16.8. The lowest BCUT2D eigenvalue weighted by molar-refractivity contribution is 0.619. The Morgan fingerprint density at radius 1 is 1.21 bits per heavy atom. The monoisotopic (exact) mass is 354 g/mol. The van der Waals surface area contributed by atoms with E-state index in [1.807, 2.05) is 4.90 Å². The molecule has 130 valence electrons. The highest BCUT2D eigenvalue weighted by molar-refractivity contribution is 5.87. The minimum atomic E-state index is -0.642. The SMILES string of the molecule is Cc1c(N2CCCC2)c(F)cc2c(=O)n(N)c(=O)n(C3CC3)c12.Cl. The first kappa shape index (κ1) is 16.8. The number of rotatable bonds is 2. The summed E-state index contributed by atoms with van der Waals surface area (Å²) in [5, 5.41) is 0.178. The first-order valence-corrected chi connectivity index (χ1v) is 8.01. The molecule has 0 radical (unpaired) electrons. The van der Waals surface area contributed by atoms with Crippen LogP contribution >= 0.6 is 12.4 Å². The van der Waals surface area contributed by atoms with Gasteiger partial charge in [0, 0.05) is 24.7 Å². The molecule has 2 heterocycles. The van der Waals surface area contributed by atoms with Gasteiger partial charge >= 0.3 is 5.69 Å². The van der Waals surface area contributed by atoms with Gasteiger partial charge in [0.2, 0.25) is 0 Å². The van der Waals surface area contributed by atoms with Crippen molar-refractivity contribution in [1.82, 2.24) is 9.24 Å². The third kappa shape index (κ3) is 2.30. The largest absolute Gasteiger partial charge is 0.369 e. The zero-order valence-electron chi connectivity index (χ0n) is 13.4. The molecule has 2 aliphatic rings. The van der Waals surface area contributed by atoms with Crippen LogP contribution in [0, 0.1) is 12.7 Å². The van der Waals surface area contributed by atoms with E-state index in [1.54, 1.807) is 11.5 Å². The topological polar surface area (TPSA) is 73.3 Å². The number of benzene rings is 1. The summed E-state index contributed by atoms with van der Waals surface area (Å²) in [7, 11) is 0. The Morgan fingerprint density at radius 2 is 1.83 bits per heavy atom. The van der Waals surface area contributed by atoms with Gasteiger partial charge in [-0.2, -0.15) is 4.68 Å². The van der Waals surface area contributed by atoms with Crippen LogP contribution < -0.4 is 22.0 Å². The van der Waals surface area contributed by atoms with Gasteiger partial charge in [0.25, 0.3) is 5.56 Å². The fraction of sp³-hybridized carbons (Fsp3) is 0.500. The average Bonchev–Trinajstić information content (AvgIpc) is 3.21. The molecule has 24 heavy (non-hydrogen) atoms. The van der Waals surface area contributed by atoms with Crippen molar-refractivity contribution in [2.45, 2.75) is 38.6 Å². The van der Waals surface area contributed by atoms with E-state index in [1.165, 1.54) is 6.07 Å². The number of nitrogens with two attached hydrogens (primary N) is 1. The zero-order chi connectivity index (χ0) is 16.3. The van der Waals surface area contributed by atoms with Gasteiger partial charge in [0.05, 0.1) is 16.6 Å². The molecule has 1 aliphatic heterocycles. The molecule has 1 aliphatic carbocycles. The van der Waals surface area contributed by atoms with E-state index in [0.717, 1.165) is 38.8 Å². The second-order valence-corrected chi connectivity index (χ2v) is 6.48. The number of fused-ring (bicyclic) bond motifs is 1. The minimum Gasteiger partial charge on any atom is -0.369 e. The van der Waals surface area contributed by atoms with E-state index >= 15 is 0 Å². The third-order valence-electron chi connectivity index (χ3n) is 4.90. The Morgan fingerprint density at radius 3 is 2.42 bits per heavy atom. The Balaban J connectivity index is 0.00000169. The van der Waals surface area contributed by atoms with Crippen molar-refractivity contribution >= 4 is 29.0 Å². The van der Waals surface area contributed by atoms with E-state index < -0.39 is 17.1 Å². The smallest absolute Gasteiger partial charge is 0.350 e. The molecule has 1 saturated heterocycles. The summed E-state index contributed by atoms with van der Waals surface area (Å²) in [6, 6.07) is 1.29. The molecule has 6 nitrogen and oxygen atoms in total. The number of hydrogen-bond donors (Lipinski definition) is 1. The molecule has 0 spiro atoms. The molecule has 0 unspecified atom stereocenters. The van der Waals surface area contributed by atoms with E-state index in [9.17, 15) is 14.0 Å². The van der Waals surface area contributed by atoms with Crippen molar-refractivity contribution in [2.75, 3.05) is 23.8 Å². The zero-order valence-corrected chi connectivity index (χ0v) is 14.2. The van der Waals surface area contributed by atoms with E-state index in [2.05, 4.69) is 0 Å². The van der Waals surface area contributed by atoms with Crippen LogP contribution in [0.5, 0.6) is 0 Å². The van der Waals surface area contributed by atoms with Crippen LogP contribution in [0.3, 0.4) is 0 Å². The second-order valence-electron chi connectivity index (χ2n) is 6.48. The van der Waals surface area contributed by atoms with Gasteiger partial charge in [-0.15, -0.1) is 12.4 Å². The van der Waals surface area contributed by atoms with Crippen LogP contribution in [0.25, 0.3) is 10.9 Å². The Kier molecular flexibility index (Phi) is 4.07. The first-order chi connectivity index (χ1) is 11.0. The molecule has 1 saturated carbocycles. The van der Waals surface area contributed by atoms with Gasteiger partial charge in [-0.05, 0) is 38.7 Å². The van der Waals surface area contributed by atoms with Gasteiger partial charge in [0.1, 0.15) is 5.82 Å². The first-order valence-electron chi connectivity index (χ1n) is 8.01. The summed E-state index contributed by atoms with van der Waals surface area (Å²) in [6.45, 7) is 3.38. The van der Waals surface area contributed by atoms with Gasteiger partial charge in [-0.3, -0.25) is 9.36 Å². The molecule has 4 rings (SSSR count). The molecule has 2 aromatic rings. The van der Waals surface area contributed by atoms with Gasteiger partial charge < -0.3 is 10.7 Å². The van der Waals surface area contributed by atoms with Crippen LogP contribution in [0.2, 0.25) is 0 Å². The number of anilines is 1. The lowest BCUT2D eigenvalue weighted by Gasteiger charge is -2.23. The summed E-state index contributed by atoms with van der Waals surface area (Å²) >= 11 is 0.